The van der Waals surface area contributed by atoms with Gasteiger partial charge in [-0.25, -0.2) is 4.39 Å². The lowest BCUT2D eigenvalue weighted by atomic mass is 10.0. The first-order valence-electron chi connectivity index (χ1n) is 9.09. The van der Waals surface area contributed by atoms with Gasteiger partial charge in [0.2, 0.25) is 5.91 Å². The van der Waals surface area contributed by atoms with E-state index in [-0.39, 0.29) is 24.1 Å². The van der Waals surface area contributed by atoms with Crippen LogP contribution in [0, 0.1) is 5.82 Å². The van der Waals surface area contributed by atoms with Crippen molar-refractivity contribution in [2.45, 2.75) is 18.9 Å². The van der Waals surface area contributed by atoms with Gasteiger partial charge < -0.3 is 19.7 Å². The average Bonchev–Trinajstić information content (AvgIpc) is 3.21. The highest BCUT2D eigenvalue weighted by Crippen LogP contribution is 2.38. The highest BCUT2D eigenvalue weighted by Gasteiger charge is 2.32. The fourth-order valence-electron chi connectivity index (χ4n) is 3.48. The number of carbonyl (C=O) groups excluding carboxylic acids is 2. The van der Waals surface area contributed by atoms with Crippen LogP contribution in [0.2, 0.25) is 0 Å². The van der Waals surface area contributed by atoms with Gasteiger partial charge >= 0.3 is 0 Å². The Balaban J connectivity index is 1.70. The van der Waals surface area contributed by atoms with E-state index in [1.165, 1.54) is 18.2 Å². The third-order valence-electron chi connectivity index (χ3n) is 4.89. The lowest BCUT2D eigenvalue weighted by molar-refractivity contribution is -0.131. The summed E-state index contributed by atoms with van der Waals surface area (Å²) < 4.78 is 24.4. The zero-order chi connectivity index (χ0) is 20.1. The highest BCUT2D eigenvalue weighted by atomic mass is 19.1. The molecular formula is C21H23FN2O4. The van der Waals surface area contributed by atoms with E-state index in [9.17, 15) is 14.0 Å². The summed E-state index contributed by atoms with van der Waals surface area (Å²) >= 11 is 0. The number of amides is 2. The maximum absolute atomic E-state index is 13.7. The maximum atomic E-state index is 13.7. The molecular weight excluding hydrogens is 363 g/mol. The van der Waals surface area contributed by atoms with Gasteiger partial charge in [0.25, 0.3) is 5.91 Å². The van der Waals surface area contributed by atoms with E-state index in [1.807, 2.05) is 12.1 Å². The molecule has 2 amide bonds. The lowest BCUT2D eigenvalue weighted by Crippen LogP contribution is -2.40. The van der Waals surface area contributed by atoms with Crippen molar-refractivity contribution in [3.05, 3.63) is 59.4 Å². The molecule has 6 nitrogen and oxygen atoms in total. The Labute approximate surface area is 163 Å². The Morgan fingerprint density at radius 3 is 2.68 bits per heavy atom. The van der Waals surface area contributed by atoms with Crippen LogP contribution in [0.4, 0.5) is 4.39 Å². The molecule has 1 N–H and O–H groups in total. The molecule has 0 unspecified atom stereocenters. The predicted molar refractivity (Wildman–Crippen MR) is 102 cm³/mol. The average molecular weight is 386 g/mol. The SMILES string of the molecule is COc1ccc([C@@H]2CCCN2C(=O)CNC(=O)c2ccccc2F)c(OC)c1. The number of carbonyl (C=O) groups is 2. The first kappa shape index (κ1) is 19.7. The zero-order valence-corrected chi connectivity index (χ0v) is 15.9. The summed E-state index contributed by atoms with van der Waals surface area (Å²) in [4.78, 5) is 26.6. The van der Waals surface area contributed by atoms with Crippen molar-refractivity contribution in [1.29, 1.82) is 0 Å². The molecule has 1 aliphatic rings. The van der Waals surface area contributed by atoms with Crippen LogP contribution in [-0.4, -0.2) is 44.0 Å². The van der Waals surface area contributed by atoms with Crippen LogP contribution in [-0.2, 0) is 4.79 Å². The minimum absolute atomic E-state index is 0.0786. The monoisotopic (exact) mass is 386 g/mol. The van der Waals surface area contributed by atoms with Gasteiger partial charge in [0.05, 0.1) is 32.4 Å². The van der Waals surface area contributed by atoms with E-state index in [0.29, 0.717) is 18.0 Å². The van der Waals surface area contributed by atoms with Crippen molar-refractivity contribution in [3.63, 3.8) is 0 Å². The largest absolute Gasteiger partial charge is 0.497 e. The standard InChI is InChI=1S/C21H23FN2O4/c1-27-14-9-10-16(19(12-14)28-2)18-8-5-11-24(18)20(25)13-23-21(26)15-6-3-4-7-17(15)22/h3-4,6-7,9-10,12,18H,5,8,11,13H2,1-2H3,(H,23,26)/t18-/m0/s1. The van der Waals surface area contributed by atoms with E-state index in [1.54, 1.807) is 31.3 Å². The molecule has 0 saturated carbocycles. The molecule has 1 atom stereocenters. The molecule has 0 radical (unpaired) electrons. The summed E-state index contributed by atoms with van der Waals surface area (Å²) in [7, 11) is 3.16. The van der Waals surface area contributed by atoms with Crippen molar-refractivity contribution in [1.82, 2.24) is 10.2 Å². The van der Waals surface area contributed by atoms with Crippen LogP contribution in [0.25, 0.3) is 0 Å². The van der Waals surface area contributed by atoms with Gasteiger partial charge in [-0.1, -0.05) is 12.1 Å². The molecule has 28 heavy (non-hydrogen) atoms. The second-order valence-corrected chi connectivity index (χ2v) is 6.52. The molecule has 0 aliphatic carbocycles. The van der Waals surface area contributed by atoms with Crippen LogP contribution < -0.4 is 14.8 Å². The van der Waals surface area contributed by atoms with Crippen LogP contribution in [0.3, 0.4) is 0 Å². The van der Waals surface area contributed by atoms with Gasteiger partial charge in [-0.2, -0.15) is 0 Å². The first-order valence-corrected chi connectivity index (χ1v) is 9.09. The smallest absolute Gasteiger partial charge is 0.254 e. The van der Waals surface area contributed by atoms with E-state index in [0.717, 1.165) is 18.4 Å². The van der Waals surface area contributed by atoms with Gasteiger partial charge in [-0.05, 0) is 37.1 Å². The number of halogens is 1. The number of nitrogens with one attached hydrogen (secondary N) is 1. The number of ether oxygens (including phenoxy) is 2. The number of benzene rings is 2. The molecule has 0 aromatic heterocycles. The molecule has 1 fully saturated rings. The summed E-state index contributed by atoms with van der Waals surface area (Å²) in [6.07, 6.45) is 1.66. The second-order valence-electron chi connectivity index (χ2n) is 6.52. The molecule has 148 valence electrons. The minimum Gasteiger partial charge on any atom is -0.497 e. The molecule has 1 saturated heterocycles. The van der Waals surface area contributed by atoms with Crippen molar-refractivity contribution < 1.29 is 23.5 Å². The van der Waals surface area contributed by atoms with Crippen molar-refractivity contribution >= 4 is 11.8 Å². The number of nitrogens with zero attached hydrogens (tertiary/aromatic N) is 1. The fourth-order valence-corrected chi connectivity index (χ4v) is 3.48. The maximum Gasteiger partial charge on any atom is 0.254 e. The van der Waals surface area contributed by atoms with Crippen LogP contribution in [0.5, 0.6) is 11.5 Å². The Morgan fingerprint density at radius 2 is 1.96 bits per heavy atom. The van der Waals surface area contributed by atoms with Crippen molar-refractivity contribution in [3.8, 4) is 11.5 Å². The zero-order valence-electron chi connectivity index (χ0n) is 15.9. The topological polar surface area (TPSA) is 67.9 Å². The molecule has 0 spiro atoms. The number of likely N-dealkylation sites (tertiary alicyclic amines) is 1. The molecule has 1 aliphatic heterocycles. The predicted octanol–water partition coefficient (Wildman–Crippen LogP) is 2.94. The lowest BCUT2D eigenvalue weighted by Gasteiger charge is -2.26. The van der Waals surface area contributed by atoms with Crippen molar-refractivity contribution in [2.24, 2.45) is 0 Å². The molecule has 0 bridgehead atoms. The van der Waals surface area contributed by atoms with E-state index in [4.69, 9.17) is 9.47 Å². The fraction of sp³-hybridized carbons (Fsp3) is 0.333. The quantitative estimate of drug-likeness (QED) is 0.829. The Bertz CT molecular complexity index is 871. The van der Waals surface area contributed by atoms with Crippen molar-refractivity contribution in [2.75, 3.05) is 27.3 Å². The van der Waals surface area contributed by atoms with Crippen LogP contribution in [0.1, 0.15) is 34.8 Å². The van der Waals surface area contributed by atoms with E-state index < -0.39 is 11.7 Å². The Hall–Kier alpha value is -3.09. The Morgan fingerprint density at radius 1 is 1.18 bits per heavy atom. The summed E-state index contributed by atoms with van der Waals surface area (Å²) in [5, 5.41) is 2.51. The number of methoxy groups -OCH3 is 2. The number of rotatable bonds is 6. The Kier molecular flexibility index (Phi) is 6.13. The molecule has 7 heteroatoms. The number of hydrogen-bond acceptors (Lipinski definition) is 4. The van der Waals surface area contributed by atoms with Gasteiger partial charge in [-0.3, -0.25) is 9.59 Å². The second kappa shape index (κ2) is 8.73. The molecule has 2 aromatic carbocycles. The number of hydrogen-bond donors (Lipinski definition) is 1. The van der Waals surface area contributed by atoms with Crippen LogP contribution in [0.15, 0.2) is 42.5 Å². The third kappa shape index (κ3) is 4.08. The van der Waals surface area contributed by atoms with Gasteiger partial charge in [-0.15, -0.1) is 0 Å². The molecule has 2 aromatic rings. The summed E-state index contributed by atoms with van der Waals surface area (Å²) in [6, 6.07) is 11.1. The van der Waals surface area contributed by atoms with E-state index >= 15 is 0 Å². The third-order valence-corrected chi connectivity index (χ3v) is 4.89. The minimum atomic E-state index is -0.616. The molecule has 1 heterocycles. The van der Waals surface area contributed by atoms with Gasteiger partial charge in [0, 0.05) is 18.2 Å². The normalized spacial score (nSPS) is 16.0. The van der Waals surface area contributed by atoms with E-state index in [2.05, 4.69) is 5.32 Å². The molecule has 3 rings (SSSR count). The van der Waals surface area contributed by atoms with Crippen LogP contribution >= 0.6 is 0 Å². The van der Waals surface area contributed by atoms with Gasteiger partial charge in [0.1, 0.15) is 17.3 Å². The summed E-state index contributed by atoms with van der Waals surface area (Å²) in [5.74, 6) is -0.114. The first-order chi connectivity index (χ1) is 13.5. The summed E-state index contributed by atoms with van der Waals surface area (Å²) in [6.45, 7) is 0.399. The highest BCUT2D eigenvalue weighted by molar-refractivity contribution is 5.96. The van der Waals surface area contributed by atoms with Gasteiger partial charge in [0.15, 0.2) is 0 Å². The summed E-state index contributed by atoms with van der Waals surface area (Å²) in [5.41, 5.74) is 0.819.